The van der Waals surface area contributed by atoms with Crippen LogP contribution in [0.5, 0.6) is 11.5 Å². The fraction of sp³-hybridized carbons (Fsp3) is 0.167. The molecule has 1 amide bonds. The first-order valence-corrected chi connectivity index (χ1v) is 9.30. The average Bonchev–Trinajstić information content (AvgIpc) is 3.12. The minimum atomic E-state index is -0.433. The lowest BCUT2D eigenvalue weighted by Gasteiger charge is -2.12. The van der Waals surface area contributed by atoms with Gasteiger partial charge in [-0.2, -0.15) is 5.10 Å². The van der Waals surface area contributed by atoms with E-state index in [-0.39, 0.29) is 19.1 Å². The molecule has 0 fully saturated rings. The van der Waals surface area contributed by atoms with E-state index in [1.807, 2.05) is 0 Å². The van der Waals surface area contributed by atoms with Crippen molar-refractivity contribution in [2.75, 3.05) is 12.8 Å². The van der Waals surface area contributed by atoms with Gasteiger partial charge in [0, 0.05) is 15.6 Å². The number of nitrogens with two attached hydrogens (primary N) is 1. The second kappa shape index (κ2) is 9.90. The number of methoxy groups -OCH3 is 1. The van der Waals surface area contributed by atoms with Crippen molar-refractivity contribution in [2.45, 2.75) is 13.2 Å². The maximum atomic E-state index is 11.8. The van der Waals surface area contributed by atoms with Gasteiger partial charge in [0.2, 0.25) is 5.95 Å². The van der Waals surface area contributed by atoms with Crippen LogP contribution in [0.1, 0.15) is 11.1 Å². The van der Waals surface area contributed by atoms with Gasteiger partial charge in [-0.15, -0.1) is 0 Å². The van der Waals surface area contributed by atoms with Crippen LogP contribution < -0.4 is 20.6 Å². The molecule has 0 radical (unpaired) electrons. The molecular formula is C18H17Cl2N7O3. The quantitative estimate of drug-likeness (QED) is 0.398. The minimum Gasteiger partial charge on any atom is -0.493 e. The Morgan fingerprint density at radius 2 is 2.10 bits per heavy atom. The molecule has 0 aliphatic rings. The summed E-state index contributed by atoms with van der Waals surface area (Å²) in [5, 5.41) is 15.4. The third kappa shape index (κ3) is 5.58. The largest absolute Gasteiger partial charge is 0.493 e. The highest BCUT2D eigenvalue weighted by Crippen LogP contribution is 2.29. The Labute approximate surface area is 181 Å². The van der Waals surface area contributed by atoms with Crippen molar-refractivity contribution in [3.8, 4) is 11.5 Å². The Kier molecular flexibility index (Phi) is 7.04. The number of hydrogen-bond donors (Lipinski definition) is 2. The number of hydrazone groups is 1. The number of nitrogens with one attached hydrogen (secondary N) is 1. The van der Waals surface area contributed by atoms with Crippen LogP contribution in [0.15, 0.2) is 41.5 Å². The molecule has 3 rings (SSSR count). The molecule has 1 heterocycles. The van der Waals surface area contributed by atoms with Crippen LogP contribution in [0.3, 0.4) is 0 Å². The van der Waals surface area contributed by atoms with Crippen molar-refractivity contribution in [3.05, 3.63) is 57.6 Å². The van der Waals surface area contributed by atoms with Crippen molar-refractivity contribution >= 4 is 41.3 Å². The number of carbonyl (C=O) groups is 1. The Morgan fingerprint density at radius 1 is 1.27 bits per heavy atom. The number of hydrogen-bond acceptors (Lipinski definition) is 8. The fourth-order valence-electron chi connectivity index (χ4n) is 2.35. The average molecular weight is 450 g/mol. The summed E-state index contributed by atoms with van der Waals surface area (Å²) in [6.07, 6.45) is 1.46. The van der Waals surface area contributed by atoms with E-state index in [0.29, 0.717) is 27.1 Å². The summed E-state index contributed by atoms with van der Waals surface area (Å²) in [6, 6.07) is 10.4. The van der Waals surface area contributed by atoms with Crippen molar-refractivity contribution < 1.29 is 14.3 Å². The minimum absolute atomic E-state index is 0.0364. The maximum Gasteiger partial charge on any atom is 0.261 e. The highest BCUT2D eigenvalue weighted by molar-refractivity contribution is 6.35. The van der Waals surface area contributed by atoms with Crippen molar-refractivity contribution in [2.24, 2.45) is 5.10 Å². The van der Waals surface area contributed by atoms with Gasteiger partial charge in [-0.05, 0) is 46.3 Å². The number of aromatic nitrogens is 4. The molecule has 0 bridgehead atoms. The van der Waals surface area contributed by atoms with Crippen LogP contribution in [0, 0.1) is 0 Å². The standard InChI is InChI=1S/C18H17Cl2N7O3/c1-29-16-6-11(8-22-23-17(28)9-27-18(21)24-25-26-27)2-5-15(16)30-10-12-3-4-13(19)7-14(12)20/h2-8H,9-10H2,1H3,(H,23,28)(H2,21,24,26)/b22-8-. The summed E-state index contributed by atoms with van der Waals surface area (Å²) >= 11 is 12.1. The molecule has 0 aliphatic heterocycles. The van der Waals surface area contributed by atoms with Gasteiger partial charge in [-0.3, -0.25) is 4.79 Å². The van der Waals surface area contributed by atoms with Gasteiger partial charge >= 0.3 is 0 Å². The number of nitrogen functional groups attached to an aromatic ring is 1. The summed E-state index contributed by atoms with van der Waals surface area (Å²) in [6.45, 7) is 0.0929. The van der Waals surface area contributed by atoms with Crippen molar-refractivity contribution in [3.63, 3.8) is 0 Å². The van der Waals surface area contributed by atoms with Gasteiger partial charge in [-0.1, -0.05) is 34.4 Å². The number of amides is 1. The molecule has 2 aromatic carbocycles. The topological polar surface area (TPSA) is 130 Å². The van der Waals surface area contributed by atoms with E-state index in [1.165, 1.54) is 13.3 Å². The first kappa shape index (κ1) is 21.3. The predicted molar refractivity (Wildman–Crippen MR) is 112 cm³/mol. The zero-order valence-corrected chi connectivity index (χ0v) is 17.3. The van der Waals surface area contributed by atoms with Crippen LogP contribution in [0.4, 0.5) is 5.95 Å². The van der Waals surface area contributed by atoms with E-state index in [9.17, 15) is 4.79 Å². The van der Waals surface area contributed by atoms with E-state index in [1.54, 1.807) is 36.4 Å². The van der Waals surface area contributed by atoms with Gasteiger partial charge in [0.15, 0.2) is 11.5 Å². The molecule has 0 atom stereocenters. The number of tetrazole rings is 1. The number of rotatable bonds is 8. The number of halogens is 2. The van der Waals surface area contributed by atoms with Gasteiger partial charge in [0.25, 0.3) is 5.91 Å². The van der Waals surface area contributed by atoms with Crippen LogP contribution in [-0.4, -0.2) is 39.4 Å². The normalized spacial score (nSPS) is 10.9. The molecular weight excluding hydrogens is 433 g/mol. The van der Waals surface area contributed by atoms with Crippen LogP contribution >= 0.6 is 23.2 Å². The first-order chi connectivity index (χ1) is 14.5. The highest BCUT2D eigenvalue weighted by atomic mass is 35.5. The summed E-state index contributed by atoms with van der Waals surface area (Å²) < 4.78 is 12.3. The maximum absolute atomic E-state index is 11.8. The Hall–Kier alpha value is -3.37. The highest BCUT2D eigenvalue weighted by Gasteiger charge is 2.09. The van der Waals surface area contributed by atoms with E-state index < -0.39 is 5.91 Å². The smallest absolute Gasteiger partial charge is 0.261 e. The number of nitrogens with zero attached hydrogens (tertiary/aromatic N) is 5. The lowest BCUT2D eigenvalue weighted by Crippen LogP contribution is -2.24. The van der Waals surface area contributed by atoms with Crippen LogP contribution in [-0.2, 0) is 17.9 Å². The molecule has 0 spiro atoms. The predicted octanol–water partition coefficient (Wildman–Crippen LogP) is 2.30. The molecule has 0 saturated heterocycles. The van der Waals surface area contributed by atoms with E-state index >= 15 is 0 Å². The Morgan fingerprint density at radius 3 is 2.80 bits per heavy atom. The lowest BCUT2D eigenvalue weighted by molar-refractivity contribution is -0.121. The molecule has 3 aromatic rings. The summed E-state index contributed by atoms with van der Waals surface area (Å²) in [5.74, 6) is 0.627. The van der Waals surface area contributed by atoms with Gasteiger partial charge < -0.3 is 15.2 Å². The lowest BCUT2D eigenvalue weighted by atomic mass is 10.2. The van der Waals surface area contributed by atoms with Crippen LogP contribution in [0.2, 0.25) is 10.0 Å². The second-order valence-corrected chi connectivity index (χ2v) is 6.77. The summed E-state index contributed by atoms with van der Waals surface area (Å²) in [4.78, 5) is 11.8. The number of anilines is 1. The van der Waals surface area contributed by atoms with Crippen molar-refractivity contribution in [1.82, 2.24) is 25.6 Å². The summed E-state index contributed by atoms with van der Waals surface area (Å²) in [7, 11) is 1.52. The number of benzene rings is 2. The molecule has 10 nitrogen and oxygen atoms in total. The van der Waals surface area contributed by atoms with Gasteiger partial charge in [0.1, 0.15) is 13.2 Å². The van der Waals surface area contributed by atoms with E-state index in [0.717, 1.165) is 10.2 Å². The second-order valence-electron chi connectivity index (χ2n) is 5.92. The van der Waals surface area contributed by atoms with Crippen LogP contribution in [0.25, 0.3) is 0 Å². The zero-order valence-electron chi connectivity index (χ0n) is 15.7. The molecule has 12 heteroatoms. The monoisotopic (exact) mass is 449 g/mol. The first-order valence-electron chi connectivity index (χ1n) is 8.54. The third-order valence-electron chi connectivity index (χ3n) is 3.84. The molecule has 0 unspecified atom stereocenters. The van der Waals surface area contributed by atoms with E-state index in [2.05, 4.69) is 26.1 Å². The molecule has 30 heavy (non-hydrogen) atoms. The third-order valence-corrected chi connectivity index (χ3v) is 4.43. The van der Waals surface area contributed by atoms with Gasteiger partial charge in [-0.25, -0.2) is 10.1 Å². The fourth-order valence-corrected chi connectivity index (χ4v) is 2.82. The molecule has 0 saturated carbocycles. The SMILES string of the molecule is COc1cc(/C=N\NC(=O)Cn2nnnc2N)ccc1OCc1ccc(Cl)cc1Cl. The molecule has 1 aromatic heterocycles. The van der Waals surface area contributed by atoms with Gasteiger partial charge in [0.05, 0.1) is 13.3 Å². The number of ether oxygens (including phenoxy) is 2. The Balaban J connectivity index is 1.59. The molecule has 156 valence electrons. The van der Waals surface area contributed by atoms with E-state index in [4.69, 9.17) is 38.4 Å². The zero-order chi connectivity index (χ0) is 21.5. The summed E-state index contributed by atoms with van der Waals surface area (Å²) in [5.41, 5.74) is 9.35. The molecule has 3 N–H and O–H groups in total. The Bertz CT molecular complexity index is 1070. The molecule has 0 aliphatic carbocycles. The number of carbonyl (C=O) groups excluding carboxylic acids is 1. The van der Waals surface area contributed by atoms with Crippen molar-refractivity contribution in [1.29, 1.82) is 0 Å².